The van der Waals surface area contributed by atoms with Crippen molar-refractivity contribution in [2.24, 2.45) is 0 Å². The van der Waals surface area contributed by atoms with Crippen LogP contribution in [0.4, 0.5) is 11.5 Å². The summed E-state index contributed by atoms with van der Waals surface area (Å²) in [5.41, 5.74) is -0.373. The summed E-state index contributed by atoms with van der Waals surface area (Å²) in [6, 6.07) is 4.58. The fourth-order valence-corrected chi connectivity index (χ4v) is 1.69. The van der Waals surface area contributed by atoms with Crippen molar-refractivity contribution in [3.63, 3.8) is 0 Å². The zero-order chi connectivity index (χ0) is 14.4. The molecule has 8 heteroatoms. The van der Waals surface area contributed by atoms with Gasteiger partial charge >= 0.3 is 11.4 Å². The fourth-order valence-electron chi connectivity index (χ4n) is 1.69. The maximum absolute atomic E-state index is 11.4. The zero-order valence-electron chi connectivity index (χ0n) is 10.6. The molecule has 104 valence electrons. The van der Waals surface area contributed by atoms with Gasteiger partial charge in [0, 0.05) is 37.7 Å². The first-order chi connectivity index (χ1) is 9.68. The highest BCUT2D eigenvalue weighted by Crippen LogP contribution is 2.19. The SMILES string of the molecule is O=c1ncccn1CCCNc1ncccc1[N+](=O)[O-]. The Hall–Kier alpha value is -2.77. The van der Waals surface area contributed by atoms with Crippen molar-refractivity contribution in [3.05, 3.63) is 57.4 Å². The molecule has 0 fully saturated rings. The number of nitro groups is 1. The second kappa shape index (κ2) is 6.41. The highest BCUT2D eigenvalue weighted by Gasteiger charge is 2.12. The molecule has 0 aliphatic rings. The van der Waals surface area contributed by atoms with E-state index in [0.29, 0.717) is 19.5 Å². The van der Waals surface area contributed by atoms with E-state index in [0.717, 1.165) is 0 Å². The van der Waals surface area contributed by atoms with Gasteiger partial charge in [-0.2, -0.15) is 0 Å². The molecule has 0 spiro atoms. The lowest BCUT2D eigenvalue weighted by Gasteiger charge is -2.06. The first-order valence-electron chi connectivity index (χ1n) is 6.03. The number of nitrogens with one attached hydrogen (secondary N) is 1. The van der Waals surface area contributed by atoms with Crippen LogP contribution in [0.3, 0.4) is 0 Å². The summed E-state index contributed by atoms with van der Waals surface area (Å²) in [6.45, 7) is 0.958. The van der Waals surface area contributed by atoms with Crippen LogP contribution in [0.25, 0.3) is 0 Å². The number of nitrogens with zero attached hydrogens (tertiary/aromatic N) is 4. The monoisotopic (exact) mass is 275 g/mol. The van der Waals surface area contributed by atoms with E-state index >= 15 is 0 Å². The van der Waals surface area contributed by atoms with E-state index in [1.54, 1.807) is 12.3 Å². The van der Waals surface area contributed by atoms with Crippen molar-refractivity contribution in [3.8, 4) is 0 Å². The van der Waals surface area contributed by atoms with E-state index in [1.807, 2.05) is 0 Å². The lowest BCUT2D eigenvalue weighted by Crippen LogP contribution is -2.22. The topological polar surface area (TPSA) is 103 Å². The van der Waals surface area contributed by atoms with Crippen LogP contribution < -0.4 is 11.0 Å². The Kier molecular flexibility index (Phi) is 4.38. The second-order valence-corrected chi connectivity index (χ2v) is 4.00. The summed E-state index contributed by atoms with van der Waals surface area (Å²) < 4.78 is 1.48. The average molecular weight is 275 g/mol. The lowest BCUT2D eigenvalue weighted by atomic mass is 10.3. The van der Waals surface area contributed by atoms with Gasteiger partial charge in [-0.3, -0.25) is 14.7 Å². The highest BCUT2D eigenvalue weighted by molar-refractivity contribution is 5.54. The van der Waals surface area contributed by atoms with Crippen molar-refractivity contribution in [2.45, 2.75) is 13.0 Å². The number of anilines is 1. The maximum atomic E-state index is 11.4. The van der Waals surface area contributed by atoms with Crippen LogP contribution >= 0.6 is 0 Å². The number of rotatable bonds is 6. The predicted molar refractivity (Wildman–Crippen MR) is 72.5 cm³/mol. The second-order valence-electron chi connectivity index (χ2n) is 4.00. The largest absolute Gasteiger partial charge is 0.364 e. The van der Waals surface area contributed by atoms with Crippen LogP contribution in [0.1, 0.15) is 6.42 Å². The Labute approximate surface area is 114 Å². The Morgan fingerprint density at radius 2 is 2.10 bits per heavy atom. The van der Waals surface area contributed by atoms with E-state index in [4.69, 9.17) is 0 Å². The third kappa shape index (κ3) is 3.37. The first kappa shape index (κ1) is 13.7. The summed E-state index contributed by atoms with van der Waals surface area (Å²) >= 11 is 0. The minimum Gasteiger partial charge on any atom is -0.364 e. The summed E-state index contributed by atoms with van der Waals surface area (Å²) in [6.07, 6.45) is 5.20. The van der Waals surface area contributed by atoms with Crippen LogP contribution in [0.5, 0.6) is 0 Å². The van der Waals surface area contributed by atoms with Crippen LogP contribution in [0, 0.1) is 10.1 Å². The van der Waals surface area contributed by atoms with Crippen molar-refractivity contribution < 1.29 is 4.92 Å². The molecule has 0 saturated heterocycles. The van der Waals surface area contributed by atoms with Gasteiger partial charge < -0.3 is 5.32 Å². The van der Waals surface area contributed by atoms with Crippen molar-refractivity contribution in [1.29, 1.82) is 0 Å². The number of hydrogen-bond donors (Lipinski definition) is 1. The first-order valence-corrected chi connectivity index (χ1v) is 6.03. The molecule has 8 nitrogen and oxygen atoms in total. The molecule has 0 amide bonds. The van der Waals surface area contributed by atoms with E-state index in [9.17, 15) is 14.9 Å². The molecule has 0 atom stereocenters. The van der Waals surface area contributed by atoms with Gasteiger partial charge in [0.15, 0.2) is 0 Å². The highest BCUT2D eigenvalue weighted by atomic mass is 16.6. The Bertz CT molecular complexity index is 655. The van der Waals surface area contributed by atoms with Crippen LogP contribution in [-0.2, 0) is 6.54 Å². The summed E-state index contributed by atoms with van der Waals surface area (Å²) in [5.74, 6) is 0.232. The normalized spacial score (nSPS) is 10.2. The van der Waals surface area contributed by atoms with E-state index in [-0.39, 0.29) is 17.2 Å². The van der Waals surface area contributed by atoms with Crippen LogP contribution in [0.15, 0.2) is 41.6 Å². The van der Waals surface area contributed by atoms with Gasteiger partial charge in [-0.15, -0.1) is 0 Å². The van der Waals surface area contributed by atoms with Crippen molar-refractivity contribution >= 4 is 11.5 Å². The summed E-state index contributed by atoms with van der Waals surface area (Å²) in [4.78, 5) is 29.2. The number of aryl methyl sites for hydroxylation is 1. The maximum Gasteiger partial charge on any atom is 0.347 e. The molecule has 2 aromatic rings. The number of aromatic nitrogens is 3. The molecule has 0 unspecified atom stereocenters. The Morgan fingerprint density at radius 1 is 1.30 bits per heavy atom. The molecular formula is C12H13N5O3. The van der Waals surface area contributed by atoms with Crippen molar-refractivity contribution in [1.82, 2.24) is 14.5 Å². The average Bonchev–Trinajstić information content (AvgIpc) is 2.45. The third-order valence-corrected chi connectivity index (χ3v) is 2.63. The summed E-state index contributed by atoms with van der Waals surface area (Å²) in [5, 5.41) is 13.7. The lowest BCUT2D eigenvalue weighted by molar-refractivity contribution is -0.384. The van der Waals surface area contributed by atoms with Gasteiger partial charge in [-0.05, 0) is 18.6 Å². The Balaban J connectivity index is 1.90. The fraction of sp³-hybridized carbons (Fsp3) is 0.250. The molecule has 2 rings (SSSR count). The van der Waals surface area contributed by atoms with Gasteiger partial charge in [-0.25, -0.2) is 14.8 Å². The minimum atomic E-state index is -0.485. The van der Waals surface area contributed by atoms with Crippen LogP contribution in [-0.4, -0.2) is 26.0 Å². The van der Waals surface area contributed by atoms with Crippen molar-refractivity contribution in [2.75, 3.05) is 11.9 Å². The van der Waals surface area contributed by atoms with Gasteiger partial charge in [0.1, 0.15) is 0 Å². The van der Waals surface area contributed by atoms with Gasteiger partial charge in [0.25, 0.3) is 0 Å². The number of hydrogen-bond acceptors (Lipinski definition) is 6. The molecule has 1 N–H and O–H groups in total. The molecule has 0 aromatic carbocycles. The standard InChI is InChI=1S/C12H13N5O3/c18-12-15-7-3-9-16(12)8-2-6-14-11-10(17(19)20)4-1-5-13-11/h1,3-5,7,9H,2,6,8H2,(H,13,14). The van der Waals surface area contributed by atoms with E-state index < -0.39 is 4.92 Å². The molecule has 20 heavy (non-hydrogen) atoms. The van der Waals surface area contributed by atoms with Gasteiger partial charge in [-0.1, -0.05) is 0 Å². The molecule has 0 aliphatic carbocycles. The zero-order valence-corrected chi connectivity index (χ0v) is 10.6. The molecule has 0 radical (unpaired) electrons. The molecule has 2 heterocycles. The smallest absolute Gasteiger partial charge is 0.347 e. The van der Waals surface area contributed by atoms with Crippen LogP contribution in [0.2, 0.25) is 0 Å². The van der Waals surface area contributed by atoms with Gasteiger partial charge in [0.2, 0.25) is 5.82 Å². The molecular weight excluding hydrogens is 262 g/mol. The molecule has 0 aliphatic heterocycles. The Morgan fingerprint density at radius 3 is 2.85 bits per heavy atom. The molecule has 0 bridgehead atoms. The van der Waals surface area contributed by atoms with E-state index in [1.165, 1.54) is 29.1 Å². The van der Waals surface area contributed by atoms with Gasteiger partial charge in [0.05, 0.1) is 4.92 Å². The minimum absolute atomic E-state index is 0.0638. The molecule has 0 saturated carbocycles. The molecule has 2 aromatic heterocycles. The van der Waals surface area contributed by atoms with E-state index in [2.05, 4.69) is 15.3 Å². The third-order valence-electron chi connectivity index (χ3n) is 2.63. The summed E-state index contributed by atoms with van der Waals surface area (Å²) in [7, 11) is 0. The predicted octanol–water partition coefficient (Wildman–Crippen LogP) is 1.05. The number of pyridine rings is 1. The quantitative estimate of drug-likeness (QED) is 0.480.